The Labute approximate surface area is 99.3 Å². The average molecular weight is 233 g/mol. The summed E-state index contributed by atoms with van der Waals surface area (Å²) in [5.74, 6) is 0. The highest BCUT2D eigenvalue weighted by molar-refractivity contribution is 7.10. The molecule has 0 saturated heterocycles. The summed E-state index contributed by atoms with van der Waals surface area (Å²) in [7, 11) is 0. The van der Waals surface area contributed by atoms with E-state index < -0.39 is 0 Å². The van der Waals surface area contributed by atoms with E-state index in [2.05, 4.69) is 17.2 Å². The lowest BCUT2D eigenvalue weighted by Gasteiger charge is -2.13. The van der Waals surface area contributed by atoms with Crippen LogP contribution >= 0.6 is 11.3 Å². The number of pyridine rings is 1. The van der Waals surface area contributed by atoms with Crippen LogP contribution in [0.2, 0.25) is 0 Å². The maximum absolute atomic E-state index is 5.83. The summed E-state index contributed by atoms with van der Waals surface area (Å²) in [6.45, 7) is 2.95. The van der Waals surface area contributed by atoms with Gasteiger partial charge >= 0.3 is 0 Å². The van der Waals surface area contributed by atoms with Crippen LogP contribution in [0.25, 0.3) is 0 Å². The normalized spacial score (nSPS) is 12.6. The van der Waals surface area contributed by atoms with Gasteiger partial charge in [-0.15, -0.1) is 11.3 Å². The summed E-state index contributed by atoms with van der Waals surface area (Å²) in [5.41, 5.74) is 7.94. The van der Waals surface area contributed by atoms with Crippen molar-refractivity contribution in [1.82, 2.24) is 10.3 Å². The lowest BCUT2D eigenvalue weighted by atomic mass is 10.1. The summed E-state index contributed by atoms with van der Waals surface area (Å²) in [4.78, 5) is 5.20. The molecule has 3 nitrogen and oxygen atoms in total. The van der Waals surface area contributed by atoms with E-state index in [9.17, 15) is 0 Å². The van der Waals surface area contributed by atoms with Crippen LogP contribution in [-0.2, 0) is 6.54 Å². The first-order chi connectivity index (χ1) is 7.77. The van der Waals surface area contributed by atoms with E-state index in [0.29, 0.717) is 6.04 Å². The third-order valence-electron chi connectivity index (χ3n) is 2.55. The monoisotopic (exact) mass is 233 g/mol. The molecule has 16 heavy (non-hydrogen) atoms. The molecule has 3 N–H and O–H groups in total. The Balaban J connectivity index is 1.94. The van der Waals surface area contributed by atoms with Crippen LogP contribution in [-0.4, -0.2) is 4.98 Å². The Morgan fingerprint density at radius 2 is 2.12 bits per heavy atom. The first-order valence-electron chi connectivity index (χ1n) is 5.22. The van der Waals surface area contributed by atoms with Crippen molar-refractivity contribution in [3.63, 3.8) is 0 Å². The van der Waals surface area contributed by atoms with Gasteiger partial charge in [0.25, 0.3) is 0 Å². The molecule has 1 atom stereocenters. The predicted octanol–water partition coefficient (Wildman–Crippen LogP) is 2.58. The third-order valence-corrected chi connectivity index (χ3v) is 3.49. The molecule has 1 unspecified atom stereocenters. The van der Waals surface area contributed by atoms with Crippen molar-refractivity contribution >= 4 is 17.0 Å². The Kier molecular flexibility index (Phi) is 3.54. The van der Waals surface area contributed by atoms with Crippen molar-refractivity contribution in [3.05, 3.63) is 46.4 Å². The Morgan fingerprint density at radius 3 is 2.75 bits per heavy atom. The van der Waals surface area contributed by atoms with Crippen LogP contribution in [0.1, 0.15) is 23.4 Å². The summed E-state index contributed by atoms with van der Waals surface area (Å²) >= 11 is 1.69. The number of nitrogen functional groups attached to an aromatic ring is 1. The maximum Gasteiger partial charge on any atom is 0.0468 e. The van der Waals surface area contributed by atoms with Gasteiger partial charge in [-0.1, -0.05) is 0 Å². The second-order valence-electron chi connectivity index (χ2n) is 3.68. The minimum atomic E-state index is 0.310. The van der Waals surface area contributed by atoms with Crippen molar-refractivity contribution in [2.75, 3.05) is 5.73 Å². The molecule has 0 aliphatic rings. The quantitative estimate of drug-likeness (QED) is 0.853. The van der Waals surface area contributed by atoms with Gasteiger partial charge in [0.05, 0.1) is 0 Å². The number of aromatic nitrogens is 1. The summed E-state index contributed by atoms with van der Waals surface area (Å²) in [6.07, 6.45) is 3.63. The molecule has 84 valence electrons. The molecule has 0 spiro atoms. The highest BCUT2D eigenvalue weighted by atomic mass is 32.1. The van der Waals surface area contributed by atoms with Gasteiger partial charge in [0.2, 0.25) is 0 Å². The number of thiophene rings is 1. The molecule has 0 fully saturated rings. The van der Waals surface area contributed by atoms with Crippen LogP contribution in [0.5, 0.6) is 0 Å². The largest absolute Gasteiger partial charge is 0.398 e. The third kappa shape index (κ3) is 2.59. The number of hydrogen-bond donors (Lipinski definition) is 2. The number of rotatable bonds is 4. The van der Waals surface area contributed by atoms with Crippen LogP contribution in [0, 0.1) is 0 Å². The summed E-state index contributed by atoms with van der Waals surface area (Å²) in [5, 5.41) is 5.46. The van der Waals surface area contributed by atoms with Crippen molar-refractivity contribution in [2.24, 2.45) is 0 Å². The molecule has 2 aromatic heterocycles. The molecule has 0 saturated carbocycles. The Bertz CT molecular complexity index is 439. The van der Waals surface area contributed by atoms with Crippen molar-refractivity contribution in [2.45, 2.75) is 19.5 Å². The molecule has 4 heteroatoms. The number of hydrogen-bond acceptors (Lipinski definition) is 4. The zero-order valence-electron chi connectivity index (χ0n) is 9.18. The van der Waals surface area contributed by atoms with Crippen molar-refractivity contribution in [1.29, 1.82) is 0 Å². The Hall–Kier alpha value is -1.39. The maximum atomic E-state index is 5.83. The number of anilines is 1. The number of nitrogens with two attached hydrogens (primary N) is 1. The van der Waals surface area contributed by atoms with E-state index in [1.54, 1.807) is 11.3 Å². The predicted molar refractivity (Wildman–Crippen MR) is 68.2 cm³/mol. The minimum absolute atomic E-state index is 0.310. The highest BCUT2D eigenvalue weighted by Gasteiger charge is 2.06. The van der Waals surface area contributed by atoms with Gasteiger partial charge in [-0.2, -0.15) is 0 Å². The van der Waals surface area contributed by atoms with E-state index in [1.165, 1.54) is 10.4 Å². The molecule has 2 heterocycles. The van der Waals surface area contributed by atoms with E-state index in [4.69, 9.17) is 5.73 Å². The van der Waals surface area contributed by atoms with E-state index >= 15 is 0 Å². The smallest absolute Gasteiger partial charge is 0.0468 e. The zero-order chi connectivity index (χ0) is 11.4. The standard InChI is InChI=1S/C12H15N3S/c1-9(10-2-5-14-6-3-10)15-8-12-11(13)4-7-16-12/h2-7,9,15H,8,13H2,1H3. The van der Waals surface area contributed by atoms with Gasteiger partial charge in [-0.05, 0) is 36.1 Å². The molecule has 0 radical (unpaired) electrons. The second kappa shape index (κ2) is 5.09. The fraction of sp³-hybridized carbons (Fsp3) is 0.250. The van der Waals surface area contributed by atoms with Crippen LogP contribution < -0.4 is 11.1 Å². The number of nitrogens with zero attached hydrogens (tertiary/aromatic N) is 1. The molecular weight excluding hydrogens is 218 g/mol. The van der Waals surface area contributed by atoms with Gasteiger partial charge in [-0.3, -0.25) is 4.98 Å². The fourth-order valence-corrected chi connectivity index (χ4v) is 2.26. The second-order valence-corrected chi connectivity index (χ2v) is 4.68. The van der Waals surface area contributed by atoms with Crippen LogP contribution in [0.3, 0.4) is 0 Å². The molecule has 0 aliphatic heterocycles. The molecule has 2 rings (SSSR count). The average Bonchev–Trinajstić information content (AvgIpc) is 2.73. The first kappa shape index (κ1) is 11.1. The fourth-order valence-electron chi connectivity index (χ4n) is 1.51. The van der Waals surface area contributed by atoms with Crippen molar-refractivity contribution in [3.8, 4) is 0 Å². The topological polar surface area (TPSA) is 50.9 Å². The van der Waals surface area contributed by atoms with E-state index in [1.807, 2.05) is 36.0 Å². The lowest BCUT2D eigenvalue weighted by molar-refractivity contribution is 0.579. The summed E-state index contributed by atoms with van der Waals surface area (Å²) < 4.78 is 0. The van der Waals surface area contributed by atoms with Crippen LogP contribution in [0.15, 0.2) is 36.0 Å². The zero-order valence-corrected chi connectivity index (χ0v) is 10.00. The van der Waals surface area contributed by atoms with Crippen molar-refractivity contribution < 1.29 is 0 Å². The van der Waals surface area contributed by atoms with Crippen LogP contribution in [0.4, 0.5) is 5.69 Å². The molecule has 0 amide bonds. The molecule has 2 aromatic rings. The lowest BCUT2D eigenvalue weighted by Crippen LogP contribution is -2.17. The molecular formula is C12H15N3S. The molecule has 0 aliphatic carbocycles. The Morgan fingerprint density at radius 1 is 1.38 bits per heavy atom. The van der Waals surface area contributed by atoms with E-state index in [-0.39, 0.29) is 0 Å². The van der Waals surface area contributed by atoms with Gasteiger partial charge in [0, 0.05) is 35.5 Å². The highest BCUT2D eigenvalue weighted by Crippen LogP contribution is 2.20. The van der Waals surface area contributed by atoms with Gasteiger partial charge in [0.1, 0.15) is 0 Å². The molecule has 0 aromatic carbocycles. The molecule has 0 bridgehead atoms. The van der Waals surface area contributed by atoms with E-state index in [0.717, 1.165) is 12.2 Å². The minimum Gasteiger partial charge on any atom is -0.398 e. The van der Waals surface area contributed by atoms with Gasteiger partial charge in [0.15, 0.2) is 0 Å². The van der Waals surface area contributed by atoms with Gasteiger partial charge < -0.3 is 11.1 Å². The number of nitrogens with one attached hydrogen (secondary N) is 1. The first-order valence-corrected chi connectivity index (χ1v) is 6.10. The SMILES string of the molecule is CC(NCc1sccc1N)c1ccncc1. The van der Waals surface area contributed by atoms with Gasteiger partial charge in [-0.25, -0.2) is 0 Å². The summed E-state index contributed by atoms with van der Waals surface area (Å²) in [6, 6.07) is 6.30.